The van der Waals surface area contributed by atoms with Gasteiger partial charge in [0.1, 0.15) is 35.6 Å². The number of rotatable bonds is 8. The smallest absolute Gasteiger partial charge is 0.481 e. The molecule has 6 aromatic rings. The summed E-state index contributed by atoms with van der Waals surface area (Å²) < 4.78 is 11.8. The van der Waals surface area contributed by atoms with Gasteiger partial charge in [0.15, 0.2) is 0 Å². The summed E-state index contributed by atoms with van der Waals surface area (Å²) in [6.45, 7) is 6.37. The summed E-state index contributed by atoms with van der Waals surface area (Å²) in [6, 6.07) is 17.7. The molecule has 0 atom stereocenters. The van der Waals surface area contributed by atoms with Crippen LogP contribution in [-0.2, 0) is 31.9 Å². The number of ether oxygens (including phenoxy) is 2. The van der Waals surface area contributed by atoms with Crippen molar-refractivity contribution in [2.45, 2.75) is 20.3 Å². The summed E-state index contributed by atoms with van der Waals surface area (Å²) in [7, 11) is -1.50. The number of carboxylic acids is 2. The van der Waals surface area contributed by atoms with E-state index >= 15 is 0 Å². The molecule has 16 nitrogen and oxygen atoms in total. The number of fused-ring (bicyclic) bond motifs is 2. The third-order valence-electron chi connectivity index (χ3n) is 8.65. The largest absolute Gasteiger partial charge is 0.488 e. The number of nitrogens with zero attached hydrogens (tertiary/aromatic N) is 6. The molecule has 4 aromatic heterocycles. The van der Waals surface area contributed by atoms with Gasteiger partial charge in [0.25, 0.3) is 0 Å². The molecule has 288 valence electrons. The molecule has 55 heavy (non-hydrogen) atoms. The minimum Gasteiger partial charge on any atom is -0.481 e. The lowest BCUT2D eigenvalue weighted by atomic mass is 9.80. The van der Waals surface area contributed by atoms with Gasteiger partial charge in [-0.05, 0) is 56.9 Å². The Morgan fingerprint density at radius 2 is 1.15 bits per heavy atom. The van der Waals surface area contributed by atoms with Gasteiger partial charge >= 0.3 is 19.1 Å². The SMILES string of the molecule is C.Ic1cc2c(N3CCOCC3)ncnc2[nH]1.O=C(O)Cc1ccc(-c2cc3c(N4CCOCC4)ncnc3[nH]2)cc1.O=C(O)Cc1ccc(B(O)O)cc1. The molecule has 6 N–H and O–H groups in total. The van der Waals surface area contributed by atoms with E-state index in [9.17, 15) is 9.59 Å². The molecule has 2 fully saturated rings. The van der Waals surface area contributed by atoms with Gasteiger partial charge in [0.05, 0.1) is 53.7 Å². The first-order valence-electron chi connectivity index (χ1n) is 17.1. The zero-order valence-electron chi connectivity index (χ0n) is 29.1. The number of hydrogen-bond acceptors (Lipinski definition) is 12. The van der Waals surface area contributed by atoms with E-state index in [1.165, 1.54) is 12.1 Å². The molecule has 0 unspecified atom stereocenters. The van der Waals surface area contributed by atoms with Crippen molar-refractivity contribution in [1.82, 2.24) is 29.9 Å². The van der Waals surface area contributed by atoms with Crippen LogP contribution in [0.15, 0.2) is 73.3 Å². The second-order valence-electron chi connectivity index (χ2n) is 12.4. The number of morpholine rings is 2. The maximum atomic E-state index is 10.8. The number of carboxylic acid groups (broad SMARTS) is 2. The van der Waals surface area contributed by atoms with Crippen LogP contribution in [0.3, 0.4) is 0 Å². The molecule has 0 spiro atoms. The Kier molecular flexibility index (Phi) is 14.5. The lowest BCUT2D eigenvalue weighted by molar-refractivity contribution is -0.137. The second-order valence-corrected chi connectivity index (χ2v) is 13.5. The fourth-order valence-corrected chi connectivity index (χ4v) is 6.56. The van der Waals surface area contributed by atoms with Crippen molar-refractivity contribution in [2.75, 3.05) is 62.4 Å². The quantitative estimate of drug-likeness (QED) is 0.0957. The fourth-order valence-electron chi connectivity index (χ4n) is 5.99. The van der Waals surface area contributed by atoms with Crippen molar-refractivity contribution in [3.63, 3.8) is 0 Å². The normalized spacial score (nSPS) is 13.9. The van der Waals surface area contributed by atoms with E-state index in [-0.39, 0.29) is 20.3 Å². The molecule has 0 bridgehead atoms. The van der Waals surface area contributed by atoms with Crippen LogP contribution in [0.25, 0.3) is 33.3 Å². The van der Waals surface area contributed by atoms with Crippen LogP contribution >= 0.6 is 22.6 Å². The highest BCUT2D eigenvalue weighted by Gasteiger charge is 2.19. The minimum absolute atomic E-state index is 0. The lowest BCUT2D eigenvalue weighted by Gasteiger charge is -2.27. The maximum absolute atomic E-state index is 10.8. The van der Waals surface area contributed by atoms with Crippen LogP contribution in [0, 0.1) is 3.70 Å². The number of halogens is 1. The molecular formula is C37H42BIN8O8. The first kappa shape index (κ1) is 41.0. The Morgan fingerprint density at radius 3 is 1.62 bits per heavy atom. The van der Waals surface area contributed by atoms with Crippen molar-refractivity contribution in [1.29, 1.82) is 0 Å². The third-order valence-corrected chi connectivity index (χ3v) is 9.23. The molecule has 0 saturated carbocycles. The van der Waals surface area contributed by atoms with Crippen LogP contribution in [0.2, 0.25) is 0 Å². The Balaban J connectivity index is 0.000000168. The van der Waals surface area contributed by atoms with E-state index in [0.717, 1.165) is 93.6 Å². The summed E-state index contributed by atoms with van der Waals surface area (Å²) in [5.41, 5.74) is 5.39. The summed E-state index contributed by atoms with van der Waals surface area (Å²) in [4.78, 5) is 49.5. The highest BCUT2D eigenvalue weighted by atomic mass is 127. The van der Waals surface area contributed by atoms with Crippen molar-refractivity contribution >= 4 is 80.8 Å². The average Bonchev–Trinajstić information content (AvgIpc) is 3.79. The van der Waals surface area contributed by atoms with Crippen LogP contribution in [0.1, 0.15) is 18.6 Å². The maximum Gasteiger partial charge on any atom is 0.488 e. The summed E-state index contributed by atoms with van der Waals surface area (Å²) in [5, 5.41) is 36.9. The van der Waals surface area contributed by atoms with Crippen molar-refractivity contribution < 1.29 is 39.3 Å². The van der Waals surface area contributed by atoms with E-state index in [1.807, 2.05) is 30.3 Å². The Labute approximate surface area is 330 Å². The number of aromatic nitrogens is 6. The van der Waals surface area contributed by atoms with Gasteiger partial charge in [-0.2, -0.15) is 0 Å². The number of anilines is 2. The van der Waals surface area contributed by atoms with Crippen molar-refractivity contribution in [3.8, 4) is 11.3 Å². The van der Waals surface area contributed by atoms with Crippen LogP contribution in [-0.4, -0.2) is 122 Å². The van der Waals surface area contributed by atoms with Gasteiger partial charge in [-0.3, -0.25) is 9.59 Å². The predicted octanol–water partition coefficient (Wildman–Crippen LogP) is 3.12. The molecule has 2 aromatic carbocycles. The van der Waals surface area contributed by atoms with Crippen LogP contribution in [0.4, 0.5) is 11.6 Å². The highest BCUT2D eigenvalue weighted by Crippen LogP contribution is 2.29. The minimum atomic E-state index is -1.50. The molecule has 0 aliphatic carbocycles. The first-order valence-corrected chi connectivity index (χ1v) is 18.2. The number of benzene rings is 2. The van der Waals surface area contributed by atoms with Gasteiger partial charge < -0.3 is 49.5 Å². The molecule has 0 radical (unpaired) electrons. The lowest BCUT2D eigenvalue weighted by Crippen LogP contribution is -2.36. The third kappa shape index (κ3) is 11.0. The molecule has 8 rings (SSSR count). The first-order chi connectivity index (χ1) is 26.1. The monoisotopic (exact) mass is 864 g/mol. The summed E-state index contributed by atoms with van der Waals surface area (Å²) in [5.74, 6) is 0.187. The van der Waals surface area contributed by atoms with Crippen molar-refractivity contribution in [3.05, 3.63) is 88.1 Å². The summed E-state index contributed by atoms with van der Waals surface area (Å²) >= 11 is 2.25. The predicted molar refractivity (Wildman–Crippen MR) is 218 cm³/mol. The number of carbonyl (C=O) groups is 2. The molecule has 2 aliphatic rings. The zero-order valence-corrected chi connectivity index (χ0v) is 31.2. The molecule has 0 amide bonds. The standard InChI is InChI=1S/C18H18N4O3.C10H11IN4O.C8H9BO4.CH4/c23-16(24)9-12-1-3-13(4-2-12)15-10-14-17(21-15)19-11-20-18(14)22-5-7-25-8-6-22;11-8-5-7-9(14-8)12-6-13-10(7)15-1-3-16-4-2-15;10-8(11)5-6-1-3-7(4-2-6)9(12)13;/h1-4,10-11H,5-9H2,(H,23,24)(H,19,20,21);5-6H,1-4H2,(H,12,13,14);1-4,12-13H,5H2,(H,10,11);1H4. The van der Waals surface area contributed by atoms with Gasteiger partial charge in [-0.1, -0.05) is 56.0 Å². The van der Waals surface area contributed by atoms with E-state index < -0.39 is 19.1 Å². The van der Waals surface area contributed by atoms with Gasteiger partial charge in [-0.15, -0.1) is 0 Å². The molecule has 2 aliphatic heterocycles. The number of aromatic amines is 2. The zero-order chi connectivity index (χ0) is 38.0. The van der Waals surface area contributed by atoms with Crippen molar-refractivity contribution in [2.24, 2.45) is 0 Å². The fraction of sp³-hybridized carbons (Fsp3) is 0.297. The van der Waals surface area contributed by atoms with Crippen LogP contribution < -0.4 is 15.3 Å². The Hall–Kier alpha value is -5.15. The Morgan fingerprint density at radius 1 is 0.691 bits per heavy atom. The average molecular weight is 865 g/mol. The second kappa shape index (κ2) is 19.4. The highest BCUT2D eigenvalue weighted by molar-refractivity contribution is 14.1. The van der Waals surface area contributed by atoms with Gasteiger partial charge in [-0.25, -0.2) is 19.9 Å². The van der Waals surface area contributed by atoms with E-state index in [1.54, 1.807) is 24.8 Å². The number of aliphatic carboxylic acids is 2. The van der Waals surface area contributed by atoms with E-state index in [2.05, 4.69) is 68.4 Å². The van der Waals surface area contributed by atoms with Gasteiger partial charge in [0, 0.05) is 31.9 Å². The molecule has 18 heteroatoms. The molecule has 6 heterocycles. The topological polar surface area (TPSA) is 223 Å². The molecular weight excluding hydrogens is 822 g/mol. The number of hydrogen-bond donors (Lipinski definition) is 6. The van der Waals surface area contributed by atoms with Gasteiger partial charge in [0.2, 0.25) is 0 Å². The van der Waals surface area contributed by atoms with E-state index in [0.29, 0.717) is 24.2 Å². The van der Waals surface area contributed by atoms with Crippen LogP contribution in [0.5, 0.6) is 0 Å². The Bertz CT molecular complexity index is 2170. The number of nitrogens with one attached hydrogen (secondary N) is 2. The van der Waals surface area contributed by atoms with E-state index in [4.69, 9.17) is 29.7 Å². The summed E-state index contributed by atoms with van der Waals surface area (Å²) in [6.07, 6.45) is 3.16. The number of H-pyrrole nitrogens is 2. The molecule has 2 saturated heterocycles.